The van der Waals surface area contributed by atoms with Gasteiger partial charge in [-0.1, -0.05) is 6.07 Å². The van der Waals surface area contributed by atoms with Gasteiger partial charge in [-0.25, -0.2) is 0 Å². The highest BCUT2D eigenvalue weighted by Crippen LogP contribution is 2.27. The van der Waals surface area contributed by atoms with Crippen molar-refractivity contribution in [2.75, 3.05) is 0 Å². The fraction of sp³-hybridized carbons (Fsp3) is 0.357. The molecule has 0 unspecified atom stereocenters. The molecule has 20 heavy (non-hydrogen) atoms. The van der Waals surface area contributed by atoms with Gasteiger partial charge < -0.3 is 9.30 Å². The molecule has 0 N–H and O–H groups in total. The average molecular weight is 271 g/mol. The smallest absolute Gasteiger partial charge is 0.194 e. The fourth-order valence-corrected chi connectivity index (χ4v) is 2.23. The summed E-state index contributed by atoms with van der Waals surface area (Å²) in [4.78, 5) is 1.47. The van der Waals surface area contributed by atoms with E-state index in [1.165, 1.54) is 4.80 Å². The first-order valence-electron chi connectivity index (χ1n) is 6.61. The molecule has 1 aromatic carbocycles. The Labute approximate surface area is 117 Å². The Bertz CT molecular complexity index is 728. The molecule has 0 amide bonds. The Kier molecular flexibility index (Phi) is 3.14. The molecule has 0 saturated carbocycles. The zero-order valence-corrected chi connectivity index (χ0v) is 11.8. The molecular weight excluding hydrogens is 254 g/mol. The molecule has 0 spiro atoms. The summed E-state index contributed by atoms with van der Waals surface area (Å²) in [6, 6.07) is 8.12. The molecule has 2 aromatic heterocycles. The number of hydrogen-bond acceptors (Lipinski definition) is 4. The fourth-order valence-electron chi connectivity index (χ4n) is 2.23. The third-order valence-corrected chi connectivity index (χ3v) is 3.00. The largest absolute Gasteiger partial charge is 0.490 e. The summed E-state index contributed by atoms with van der Waals surface area (Å²) in [6.07, 6.45) is 2.18. The van der Waals surface area contributed by atoms with Gasteiger partial charge in [-0.15, -0.1) is 10.2 Å². The summed E-state index contributed by atoms with van der Waals surface area (Å²) in [7, 11) is 1.76. The van der Waals surface area contributed by atoms with Crippen molar-refractivity contribution in [3.05, 3.63) is 36.3 Å². The van der Waals surface area contributed by atoms with Crippen LogP contribution in [0.3, 0.4) is 0 Å². The van der Waals surface area contributed by atoms with Gasteiger partial charge in [-0.05, 0) is 37.3 Å². The lowest BCUT2D eigenvalue weighted by molar-refractivity contribution is 0.245. The van der Waals surface area contributed by atoms with Gasteiger partial charge in [0.05, 0.1) is 25.2 Å². The third-order valence-electron chi connectivity index (χ3n) is 3.00. The third kappa shape index (κ3) is 2.36. The summed E-state index contributed by atoms with van der Waals surface area (Å²) in [6.45, 7) is 4.65. The number of aromatic nitrogens is 5. The van der Waals surface area contributed by atoms with Crippen LogP contribution in [0.2, 0.25) is 0 Å². The maximum Gasteiger partial charge on any atom is 0.194 e. The lowest BCUT2D eigenvalue weighted by Gasteiger charge is -2.11. The van der Waals surface area contributed by atoms with Gasteiger partial charge in [-0.2, -0.15) is 4.80 Å². The van der Waals surface area contributed by atoms with Gasteiger partial charge in [0.25, 0.3) is 0 Å². The van der Waals surface area contributed by atoms with Crippen LogP contribution < -0.4 is 4.74 Å². The van der Waals surface area contributed by atoms with Crippen molar-refractivity contribution >= 4 is 10.9 Å². The van der Waals surface area contributed by atoms with Gasteiger partial charge in [0.1, 0.15) is 5.75 Å². The Morgan fingerprint density at radius 3 is 2.80 bits per heavy atom. The highest BCUT2D eigenvalue weighted by Gasteiger charge is 2.09. The standard InChI is InChI=1S/C14H17N5O/c1-10(2)20-13-6-4-5-12-11(13)7-8-19(12)9-14-15-17-18(3)16-14/h4-8,10H,9H2,1-3H3. The maximum absolute atomic E-state index is 5.83. The van der Waals surface area contributed by atoms with E-state index in [0.29, 0.717) is 12.4 Å². The average Bonchev–Trinajstić information content (AvgIpc) is 2.97. The Morgan fingerprint density at radius 1 is 1.25 bits per heavy atom. The molecule has 0 atom stereocenters. The van der Waals surface area contributed by atoms with E-state index in [9.17, 15) is 0 Å². The van der Waals surface area contributed by atoms with Crippen LogP contribution in [-0.4, -0.2) is 30.9 Å². The molecule has 104 valence electrons. The van der Waals surface area contributed by atoms with Gasteiger partial charge in [-0.3, -0.25) is 0 Å². The summed E-state index contributed by atoms with van der Waals surface area (Å²) < 4.78 is 7.93. The van der Waals surface area contributed by atoms with Gasteiger partial charge in [0.15, 0.2) is 5.82 Å². The monoisotopic (exact) mass is 271 g/mol. The Balaban J connectivity index is 1.97. The van der Waals surface area contributed by atoms with Gasteiger partial charge in [0.2, 0.25) is 0 Å². The quantitative estimate of drug-likeness (QED) is 0.728. The van der Waals surface area contributed by atoms with Crippen LogP contribution in [0.4, 0.5) is 0 Å². The number of rotatable bonds is 4. The van der Waals surface area contributed by atoms with Crippen molar-refractivity contribution in [1.29, 1.82) is 0 Å². The van der Waals surface area contributed by atoms with E-state index in [2.05, 4.69) is 32.1 Å². The Morgan fingerprint density at radius 2 is 2.10 bits per heavy atom. The minimum absolute atomic E-state index is 0.158. The second-order valence-corrected chi connectivity index (χ2v) is 4.99. The summed E-state index contributed by atoms with van der Waals surface area (Å²) >= 11 is 0. The van der Waals surface area contributed by atoms with Crippen molar-refractivity contribution < 1.29 is 4.74 Å². The van der Waals surface area contributed by atoms with E-state index in [0.717, 1.165) is 16.7 Å². The molecule has 2 heterocycles. The molecule has 3 rings (SSSR count). The molecule has 0 saturated heterocycles. The highest BCUT2D eigenvalue weighted by atomic mass is 16.5. The van der Waals surface area contributed by atoms with Crippen molar-refractivity contribution in [3.63, 3.8) is 0 Å². The molecule has 6 heteroatoms. The number of hydrogen-bond donors (Lipinski definition) is 0. The van der Waals surface area contributed by atoms with Gasteiger partial charge >= 0.3 is 0 Å². The summed E-state index contributed by atoms with van der Waals surface area (Å²) in [5.74, 6) is 1.60. The molecule has 0 bridgehead atoms. The van der Waals surface area contributed by atoms with Crippen molar-refractivity contribution in [1.82, 2.24) is 24.8 Å². The van der Waals surface area contributed by atoms with Crippen LogP contribution in [0.5, 0.6) is 5.75 Å². The number of aryl methyl sites for hydroxylation is 1. The number of fused-ring (bicyclic) bond motifs is 1. The molecule has 0 aliphatic rings. The minimum atomic E-state index is 0.158. The molecule has 0 fully saturated rings. The van der Waals surface area contributed by atoms with Crippen LogP contribution in [0.15, 0.2) is 30.5 Å². The predicted molar refractivity (Wildman–Crippen MR) is 75.6 cm³/mol. The van der Waals surface area contributed by atoms with Crippen LogP contribution in [0.1, 0.15) is 19.7 Å². The molecule has 0 aliphatic heterocycles. The number of nitrogens with zero attached hydrogens (tertiary/aromatic N) is 5. The predicted octanol–water partition coefficient (Wildman–Crippen LogP) is 2.00. The van der Waals surface area contributed by atoms with Crippen molar-refractivity contribution in [3.8, 4) is 5.75 Å². The molecule has 0 aliphatic carbocycles. The zero-order valence-electron chi connectivity index (χ0n) is 11.8. The van der Waals surface area contributed by atoms with Crippen LogP contribution in [0, 0.1) is 0 Å². The second kappa shape index (κ2) is 4.96. The van der Waals surface area contributed by atoms with Crippen molar-refractivity contribution in [2.24, 2.45) is 7.05 Å². The van der Waals surface area contributed by atoms with E-state index >= 15 is 0 Å². The lowest BCUT2D eigenvalue weighted by atomic mass is 10.2. The van der Waals surface area contributed by atoms with Gasteiger partial charge in [0, 0.05) is 11.6 Å². The van der Waals surface area contributed by atoms with Crippen molar-refractivity contribution in [2.45, 2.75) is 26.5 Å². The van der Waals surface area contributed by atoms with E-state index in [1.54, 1.807) is 7.05 Å². The maximum atomic E-state index is 5.83. The molecule has 3 aromatic rings. The normalized spacial score (nSPS) is 11.4. The van der Waals surface area contributed by atoms with E-state index in [-0.39, 0.29) is 6.10 Å². The SMILES string of the molecule is CC(C)Oc1cccc2c1ccn2Cc1nnn(C)n1. The van der Waals surface area contributed by atoms with Crippen LogP contribution in [-0.2, 0) is 13.6 Å². The Hall–Kier alpha value is -2.37. The number of benzene rings is 1. The molecule has 0 radical (unpaired) electrons. The summed E-state index contributed by atoms with van der Waals surface area (Å²) in [5.41, 5.74) is 1.11. The number of ether oxygens (including phenoxy) is 1. The van der Waals surface area contributed by atoms with Crippen LogP contribution in [0.25, 0.3) is 10.9 Å². The van der Waals surface area contributed by atoms with E-state index < -0.39 is 0 Å². The second-order valence-electron chi connectivity index (χ2n) is 4.99. The topological polar surface area (TPSA) is 57.8 Å². The lowest BCUT2D eigenvalue weighted by Crippen LogP contribution is -2.06. The zero-order chi connectivity index (χ0) is 14.1. The first kappa shape index (κ1) is 12.7. The van der Waals surface area contributed by atoms with E-state index in [1.807, 2.05) is 32.2 Å². The molecular formula is C14H17N5O. The first-order chi connectivity index (χ1) is 9.63. The molecule has 6 nitrogen and oxygen atoms in total. The highest BCUT2D eigenvalue weighted by molar-refractivity contribution is 5.86. The van der Waals surface area contributed by atoms with E-state index in [4.69, 9.17) is 4.74 Å². The summed E-state index contributed by atoms with van der Waals surface area (Å²) in [5, 5.41) is 13.2. The number of tetrazole rings is 1. The van der Waals surface area contributed by atoms with Crippen LogP contribution >= 0.6 is 0 Å². The minimum Gasteiger partial charge on any atom is -0.490 e. The first-order valence-corrected chi connectivity index (χ1v) is 6.61.